The quantitative estimate of drug-likeness (QED) is 0.434. The molecular formula is C11H16NS+. The van der Waals surface area contributed by atoms with Gasteiger partial charge in [-0.3, -0.25) is 5.41 Å². The van der Waals surface area contributed by atoms with E-state index in [1.165, 1.54) is 16.0 Å². The summed E-state index contributed by atoms with van der Waals surface area (Å²) in [6, 6.07) is 6.52. The van der Waals surface area contributed by atoms with Crippen LogP contribution in [-0.4, -0.2) is 5.04 Å². The van der Waals surface area contributed by atoms with E-state index in [9.17, 15) is 0 Å². The summed E-state index contributed by atoms with van der Waals surface area (Å²) in [7, 11) is 0. The Labute approximate surface area is 84.1 Å². The van der Waals surface area contributed by atoms with Crippen LogP contribution in [0.25, 0.3) is 0 Å². The van der Waals surface area contributed by atoms with Gasteiger partial charge in [0.1, 0.15) is 0 Å². The Bertz CT molecular complexity index is 318. The number of thioether (sulfide) groups is 1. The van der Waals surface area contributed by atoms with Crippen molar-refractivity contribution in [3.63, 3.8) is 0 Å². The first-order valence-corrected chi connectivity index (χ1v) is 5.31. The van der Waals surface area contributed by atoms with Crippen LogP contribution in [0.2, 0.25) is 0 Å². The van der Waals surface area contributed by atoms with Gasteiger partial charge in [-0.2, -0.15) is 0 Å². The third kappa shape index (κ3) is 2.88. The highest BCUT2D eigenvalue weighted by Gasteiger charge is 2.04. The van der Waals surface area contributed by atoms with Gasteiger partial charge in [0.15, 0.2) is 0 Å². The van der Waals surface area contributed by atoms with Gasteiger partial charge < -0.3 is 0 Å². The third-order valence-corrected chi connectivity index (χ3v) is 2.80. The van der Waals surface area contributed by atoms with Crippen LogP contribution >= 0.6 is 11.8 Å². The van der Waals surface area contributed by atoms with E-state index in [0.717, 1.165) is 11.5 Å². The van der Waals surface area contributed by atoms with Gasteiger partial charge in [0, 0.05) is 11.8 Å². The second-order valence-corrected chi connectivity index (χ2v) is 4.47. The smallest absolute Gasteiger partial charge is 0.208 e. The number of aryl methyl sites for hydroxylation is 2. The second kappa shape index (κ2) is 4.47. The van der Waals surface area contributed by atoms with Gasteiger partial charge >= 0.3 is 0 Å². The second-order valence-electron chi connectivity index (χ2n) is 3.18. The molecule has 13 heavy (non-hydrogen) atoms. The zero-order valence-corrected chi connectivity index (χ0v) is 9.24. The minimum Gasteiger partial charge on any atom is -0.252 e. The highest BCUT2D eigenvalue weighted by Crippen LogP contribution is 2.24. The Balaban J connectivity index is 3.01. The number of benzene rings is 1. The van der Waals surface area contributed by atoms with Crippen molar-refractivity contribution in [2.45, 2.75) is 32.1 Å². The predicted molar refractivity (Wildman–Crippen MR) is 59.0 cm³/mol. The predicted octanol–water partition coefficient (Wildman–Crippen LogP) is 1.83. The lowest BCUT2D eigenvalue weighted by atomic mass is 10.1. The molecule has 0 unspecified atom stereocenters. The normalized spacial score (nSPS) is 10.1. The van der Waals surface area contributed by atoms with Gasteiger partial charge in [-0.05, 0) is 42.3 Å². The van der Waals surface area contributed by atoms with E-state index in [2.05, 4.69) is 32.0 Å². The van der Waals surface area contributed by atoms with Crippen LogP contribution in [0.15, 0.2) is 23.1 Å². The fraction of sp³-hybridized carbons (Fsp3) is 0.364. The molecule has 0 bridgehead atoms. The van der Waals surface area contributed by atoms with Crippen LogP contribution in [0.4, 0.5) is 0 Å². The molecule has 70 valence electrons. The average Bonchev–Trinajstić information content (AvgIpc) is 2.03. The van der Waals surface area contributed by atoms with E-state index in [1.54, 1.807) is 11.8 Å². The Hall–Kier alpha value is -0.760. The molecule has 0 saturated heterocycles. The van der Waals surface area contributed by atoms with E-state index in [4.69, 9.17) is 5.41 Å². The Morgan fingerprint density at radius 1 is 1.46 bits per heavy atom. The Morgan fingerprint density at radius 3 is 2.69 bits per heavy atom. The van der Waals surface area contributed by atoms with Gasteiger partial charge in [-0.15, -0.1) is 0 Å². The van der Waals surface area contributed by atoms with Gasteiger partial charge in [-0.25, -0.2) is 0 Å². The molecule has 2 heteroatoms. The summed E-state index contributed by atoms with van der Waals surface area (Å²) >= 11 is 1.66. The summed E-state index contributed by atoms with van der Waals surface area (Å²) < 4.78 is 0. The molecule has 0 radical (unpaired) electrons. The molecule has 0 fully saturated rings. The maximum Gasteiger partial charge on any atom is 0.208 e. The maximum atomic E-state index is 5.68. The molecule has 1 rings (SSSR count). The molecule has 0 spiro atoms. The van der Waals surface area contributed by atoms with Crippen LogP contribution in [0.5, 0.6) is 0 Å². The van der Waals surface area contributed by atoms with E-state index in [-0.39, 0.29) is 0 Å². The van der Waals surface area contributed by atoms with Gasteiger partial charge in [0.25, 0.3) is 0 Å². The summed E-state index contributed by atoms with van der Waals surface area (Å²) in [5.74, 6) is 0. The summed E-state index contributed by atoms with van der Waals surface area (Å²) in [6.45, 7) is 6.21. The molecule has 0 aliphatic carbocycles. The third-order valence-electron chi connectivity index (χ3n) is 1.87. The van der Waals surface area contributed by atoms with E-state index in [1.807, 2.05) is 6.92 Å². The number of hydrogen-bond donors (Lipinski definition) is 1. The fourth-order valence-electron chi connectivity index (χ4n) is 1.22. The molecule has 0 aromatic heterocycles. The van der Waals surface area contributed by atoms with Gasteiger partial charge in [0.2, 0.25) is 5.04 Å². The van der Waals surface area contributed by atoms with Crippen LogP contribution in [-0.2, 0) is 6.42 Å². The van der Waals surface area contributed by atoms with E-state index < -0.39 is 0 Å². The monoisotopic (exact) mass is 194 g/mol. The summed E-state index contributed by atoms with van der Waals surface area (Å²) in [4.78, 5) is 1.29. The standard InChI is InChI=1S/C11H15NS/c1-4-10-6-5-8(2)7-11(10)13-9(3)12/h5-7,12H,4H2,1-3H3/p+1. The molecule has 0 heterocycles. The molecule has 0 amide bonds. The molecule has 2 N–H and O–H groups in total. The van der Waals surface area contributed by atoms with Crippen LogP contribution < -0.4 is 5.41 Å². The SMILES string of the molecule is CCc1ccc(C)cc1SC(C)=[NH2+]. The largest absolute Gasteiger partial charge is 0.252 e. The minimum atomic E-state index is 0.903. The molecule has 1 aromatic rings. The van der Waals surface area contributed by atoms with Crippen molar-refractivity contribution in [1.29, 1.82) is 0 Å². The number of rotatable bonds is 2. The molecular weight excluding hydrogens is 178 g/mol. The summed E-state index contributed by atoms with van der Waals surface area (Å²) in [5.41, 5.74) is 2.67. The van der Waals surface area contributed by atoms with Crippen LogP contribution in [0, 0.1) is 6.92 Å². The lowest BCUT2D eigenvalue weighted by Crippen LogP contribution is -2.35. The van der Waals surface area contributed by atoms with Gasteiger partial charge in [0.05, 0.1) is 0 Å². The lowest BCUT2D eigenvalue weighted by molar-refractivity contribution is -0.109. The fourth-order valence-corrected chi connectivity index (χ4v) is 2.16. The topological polar surface area (TPSA) is 25.6 Å². The Morgan fingerprint density at radius 2 is 2.15 bits per heavy atom. The van der Waals surface area contributed by atoms with Crippen molar-refractivity contribution in [2.75, 3.05) is 0 Å². The first-order valence-electron chi connectivity index (χ1n) is 4.50. The van der Waals surface area contributed by atoms with Crippen molar-refractivity contribution in [3.05, 3.63) is 29.3 Å². The number of nitrogens with two attached hydrogens (primary N) is 1. The highest BCUT2D eigenvalue weighted by atomic mass is 32.2. The summed E-state index contributed by atoms with van der Waals surface area (Å²) in [5, 5.41) is 6.58. The highest BCUT2D eigenvalue weighted by molar-refractivity contribution is 8.13. The molecule has 0 aliphatic heterocycles. The number of hydrogen-bond acceptors (Lipinski definition) is 1. The average molecular weight is 194 g/mol. The zero-order valence-electron chi connectivity index (χ0n) is 8.42. The van der Waals surface area contributed by atoms with Crippen molar-refractivity contribution in [2.24, 2.45) is 0 Å². The van der Waals surface area contributed by atoms with Crippen LogP contribution in [0.1, 0.15) is 25.0 Å². The molecule has 0 atom stereocenters. The van der Waals surface area contributed by atoms with Crippen LogP contribution in [0.3, 0.4) is 0 Å². The molecule has 1 nitrogen and oxygen atoms in total. The minimum absolute atomic E-state index is 0.903. The van der Waals surface area contributed by atoms with E-state index >= 15 is 0 Å². The zero-order chi connectivity index (χ0) is 9.84. The molecule has 1 aromatic carbocycles. The van der Waals surface area contributed by atoms with Gasteiger partial charge in [-0.1, -0.05) is 19.1 Å². The first-order chi connectivity index (χ1) is 6.13. The Kier molecular flexibility index (Phi) is 3.55. The maximum absolute atomic E-state index is 5.68. The lowest BCUT2D eigenvalue weighted by Gasteiger charge is -2.05. The first kappa shape index (κ1) is 10.3. The molecule has 0 saturated carbocycles. The van der Waals surface area contributed by atoms with Crippen molar-refractivity contribution in [1.82, 2.24) is 0 Å². The van der Waals surface area contributed by atoms with Crippen molar-refractivity contribution < 1.29 is 5.41 Å². The van der Waals surface area contributed by atoms with Crippen molar-refractivity contribution >= 4 is 16.8 Å². The summed E-state index contributed by atoms with van der Waals surface area (Å²) in [6.07, 6.45) is 1.07. The molecule has 0 aliphatic rings. The van der Waals surface area contributed by atoms with E-state index in [0.29, 0.717) is 0 Å². The van der Waals surface area contributed by atoms with Crippen molar-refractivity contribution in [3.8, 4) is 0 Å².